The van der Waals surface area contributed by atoms with Gasteiger partial charge in [0.2, 0.25) is 0 Å². The van der Waals surface area contributed by atoms with E-state index in [1.54, 1.807) is 0 Å². The van der Waals surface area contributed by atoms with E-state index in [1.165, 1.54) is 0 Å². The van der Waals surface area contributed by atoms with E-state index in [-0.39, 0.29) is 10.1 Å². The molecule has 0 bridgehead atoms. The van der Waals surface area contributed by atoms with Crippen molar-refractivity contribution in [2.24, 2.45) is 0 Å². The highest BCUT2D eigenvalue weighted by Crippen LogP contribution is 2.46. The quantitative estimate of drug-likeness (QED) is 0.572. The molecule has 0 aromatic rings. The Morgan fingerprint density at radius 1 is 0.909 bits per heavy atom. The standard InChI is InChI=1S/C8H22OSi2/c1-7(2,3)11(9,10)8(4,5)6/h9H,1-6,10H3. The van der Waals surface area contributed by atoms with E-state index >= 15 is 0 Å². The van der Waals surface area contributed by atoms with E-state index in [2.05, 4.69) is 41.5 Å². The molecule has 0 aliphatic rings. The van der Waals surface area contributed by atoms with Crippen molar-refractivity contribution in [2.45, 2.75) is 51.6 Å². The lowest BCUT2D eigenvalue weighted by atomic mass is 10.2. The molecule has 0 radical (unpaired) electrons. The Bertz CT molecular complexity index is 123. The minimum absolute atomic E-state index is 0.136. The van der Waals surface area contributed by atoms with Crippen molar-refractivity contribution in [3.63, 3.8) is 0 Å². The zero-order chi connectivity index (χ0) is 9.50. The average molecular weight is 190 g/mol. The summed E-state index contributed by atoms with van der Waals surface area (Å²) in [7, 11) is -1.01. The fraction of sp³-hybridized carbons (Fsp3) is 1.00. The molecule has 1 N–H and O–H groups in total. The summed E-state index contributed by atoms with van der Waals surface area (Å²) in [5.74, 6) is 0. The molecule has 68 valence electrons. The lowest BCUT2D eigenvalue weighted by molar-refractivity contribution is 0.442. The van der Waals surface area contributed by atoms with Crippen LogP contribution in [-0.4, -0.2) is 22.4 Å². The van der Waals surface area contributed by atoms with Crippen molar-refractivity contribution in [3.8, 4) is 0 Å². The van der Waals surface area contributed by atoms with Gasteiger partial charge in [-0.05, 0) is 10.1 Å². The zero-order valence-corrected chi connectivity index (χ0v) is 11.9. The maximum Gasteiger partial charge on any atom is 0.175 e. The Balaban J connectivity index is 4.75. The van der Waals surface area contributed by atoms with Gasteiger partial charge >= 0.3 is 0 Å². The Labute approximate surface area is 74.6 Å². The van der Waals surface area contributed by atoms with Crippen molar-refractivity contribution in [3.05, 3.63) is 0 Å². The van der Waals surface area contributed by atoms with E-state index in [0.717, 1.165) is 9.76 Å². The van der Waals surface area contributed by atoms with Gasteiger partial charge in [0.05, 0.1) is 0 Å². The first kappa shape index (κ1) is 11.4. The lowest BCUT2D eigenvalue weighted by Gasteiger charge is -2.44. The fourth-order valence-corrected chi connectivity index (χ4v) is 3.38. The Morgan fingerprint density at radius 2 is 1.09 bits per heavy atom. The summed E-state index contributed by atoms with van der Waals surface area (Å²) in [6.45, 7) is 13.0. The second-order valence-corrected chi connectivity index (χ2v) is 15.1. The zero-order valence-electron chi connectivity index (χ0n) is 8.95. The molecular weight excluding hydrogens is 168 g/mol. The van der Waals surface area contributed by atoms with E-state index < -0.39 is 7.83 Å². The van der Waals surface area contributed by atoms with E-state index in [9.17, 15) is 4.80 Å². The topological polar surface area (TPSA) is 20.2 Å². The molecule has 0 aromatic heterocycles. The predicted molar refractivity (Wildman–Crippen MR) is 57.3 cm³/mol. The highest BCUT2D eigenvalue weighted by atomic mass is 29.2. The molecule has 0 saturated heterocycles. The summed E-state index contributed by atoms with van der Waals surface area (Å²) < 4.78 is 0. The smallest absolute Gasteiger partial charge is 0.175 e. The molecule has 0 heterocycles. The van der Waals surface area contributed by atoms with Crippen molar-refractivity contribution in [1.82, 2.24) is 0 Å². The summed E-state index contributed by atoms with van der Waals surface area (Å²) in [6, 6.07) is 0. The number of rotatable bonds is 0. The van der Waals surface area contributed by atoms with Crippen LogP contribution in [0.1, 0.15) is 41.5 Å². The van der Waals surface area contributed by atoms with Gasteiger partial charge in [0, 0.05) is 9.76 Å². The molecule has 0 saturated carbocycles. The van der Waals surface area contributed by atoms with Gasteiger partial charge in [-0.3, -0.25) is 0 Å². The molecule has 0 aromatic carbocycles. The van der Waals surface area contributed by atoms with Gasteiger partial charge in [0.15, 0.2) is 7.83 Å². The van der Waals surface area contributed by atoms with Crippen molar-refractivity contribution >= 4 is 17.6 Å². The Kier molecular flexibility index (Phi) is 2.81. The van der Waals surface area contributed by atoms with Crippen molar-refractivity contribution < 1.29 is 4.80 Å². The summed E-state index contributed by atoms with van der Waals surface area (Å²) in [5, 5.41) is 0.273. The van der Waals surface area contributed by atoms with Crippen LogP contribution in [0, 0.1) is 0 Å². The van der Waals surface area contributed by atoms with Gasteiger partial charge in [-0.1, -0.05) is 41.5 Å². The minimum Gasteiger partial charge on any atom is -0.434 e. The third kappa shape index (κ3) is 2.16. The molecule has 0 fully saturated rings. The summed E-state index contributed by atoms with van der Waals surface area (Å²) in [5.41, 5.74) is 0. The Morgan fingerprint density at radius 3 is 1.09 bits per heavy atom. The number of hydrogen-bond acceptors (Lipinski definition) is 1. The van der Waals surface area contributed by atoms with Crippen molar-refractivity contribution in [1.29, 1.82) is 0 Å². The molecule has 11 heavy (non-hydrogen) atoms. The molecule has 0 aliphatic heterocycles. The largest absolute Gasteiger partial charge is 0.434 e. The van der Waals surface area contributed by atoms with E-state index in [1.807, 2.05) is 0 Å². The molecule has 3 heteroatoms. The molecule has 0 spiro atoms. The van der Waals surface area contributed by atoms with Gasteiger partial charge in [-0.15, -0.1) is 0 Å². The first-order chi connectivity index (χ1) is 4.50. The summed E-state index contributed by atoms with van der Waals surface area (Å²) in [4.78, 5) is 10.4. The van der Waals surface area contributed by atoms with Gasteiger partial charge in [-0.25, -0.2) is 0 Å². The minimum atomic E-state index is -1.97. The number of hydrogen-bond donors (Lipinski definition) is 1. The van der Waals surface area contributed by atoms with Gasteiger partial charge in [0.25, 0.3) is 0 Å². The van der Waals surface area contributed by atoms with Crippen LogP contribution in [-0.2, 0) is 0 Å². The molecule has 1 nitrogen and oxygen atoms in total. The fourth-order valence-electron chi connectivity index (χ4n) is 1.12. The normalized spacial score (nSPS) is 15.5. The Hall–Kier alpha value is 0.394. The lowest BCUT2D eigenvalue weighted by Crippen LogP contribution is -2.53. The molecule has 0 atom stereocenters. The third-order valence-electron chi connectivity index (χ3n) is 2.92. The maximum absolute atomic E-state index is 10.4. The molecule has 0 aliphatic carbocycles. The van der Waals surface area contributed by atoms with Crippen LogP contribution in [0.15, 0.2) is 0 Å². The van der Waals surface area contributed by atoms with E-state index in [0.29, 0.717) is 0 Å². The van der Waals surface area contributed by atoms with Crippen molar-refractivity contribution in [2.75, 3.05) is 0 Å². The first-order valence-electron chi connectivity index (χ1n) is 4.22. The predicted octanol–water partition coefficient (Wildman–Crippen LogP) is 1.39. The molecular formula is C8H22OSi2. The molecule has 0 amide bonds. The van der Waals surface area contributed by atoms with Crippen LogP contribution >= 0.6 is 0 Å². The molecule has 0 rings (SSSR count). The average Bonchev–Trinajstić information content (AvgIpc) is 1.58. The first-order valence-corrected chi connectivity index (χ1v) is 9.67. The van der Waals surface area contributed by atoms with Crippen LogP contribution in [0.2, 0.25) is 10.1 Å². The van der Waals surface area contributed by atoms with Crippen LogP contribution in [0.5, 0.6) is 0 Å². The second-order valence-electron chi connectivity index (χ2n) is 5.57. The SMILES string of the molecule is CC(C)(C)[Si](O)([SiH3])C(C)(C)C. The second kappa shape index (κ2) is 2.71. The molecule has 0 unspecified atom stereocenters. The van der Waals surface area contributed by atoms with E-state index in [4.69, 9.17) is 0 Å². The monoisotopic (exact) mass is 190 g/mol. The third-order valence-corrected chi connectivity index (χ3v) is 17.8. The van der Waals surface area contributed by atoms with Crippen LogP contribution in [0.4, 0.5) is 0 Å². The highest BCUT2D eigenvalue weighted by molar-refractivity contribution is 7.15. The summed E-state index contributed by atoms with van der Waals surface area (Å²) in [6.07, 6.45) is 0. The van der Waals surface area contributed by atoms with Crippen LogP contribution in [0.25, 0.3) is 0 Å². The van der Waals surface area contributed by atoms with Gasteiger partial charge < -0.3 is 4.80 Å². The van der Waals surface area contributed by atoms with Crippen LogP contribution in [0.3, 0.4) is 0 Å². The van der Waals surface area contributed by atoms with Gasteiger partial charge in [0.1, 0.15) is 0 Å². The van der Waals surface area contributed by atoms with Crippen LogP contribution < -0.4 is 0 Å². The maximum atomic E-state index is 10.4. The highest BCUT2D eigenvalue weighted by Gasteiger charge is 2.47. The van der Waals surface area contributed by atoms with Gasteiger partial charge in [-0.2, -0.15) is 0 Å². The summed E-state index contributed by atoms with van der Waals surface area (Å²) >= 11 is 0.